The minimum absolute atomic E-state index is 0.606. The van der Waals surface area contributed by atoms with Crippen LogP contribution in [-0.2, 0) is 34.1 Å². The minimum atomic E-state index is -5.24. The standard InChI is InChI=1S/C3H11O9P3S/c1-3(2)10-15(9,16)12-14(7,8)11-13(4,5)6/h3H,1-2H3,(H,7,8)(H,9,16)(H2,4,5,6). The molecule has 0 aliphatic rings. The van der Waals surface area contributed by atoms with E-state index in [1.54, 1.807) is 0 Å². The van der Waals surface area contributed by atoms with Crippen molar-refractivity contribution < 1.29 is 41.8 Å². The van der Waals surface area contributed by atoms with Gasteiger partial charge in [-0.2, -0.15) is 4.31 Å². The normalized spacial score (nSPS) is 20.4. The SMILES string of the molecule is CC(C)OP(O)(=S)OP(=O)(O)OP(=O)(O)O. The maximum atomic E-state index is 11.0. The van der Waals surface area contributed by atoms with Crippen LogP contribution in [-0.4, -0.2) is 25.7 Å². The Morgan fingerprint density at radius 3 is 1.81 bits per heavy atom. The topological polar surface area (TPSA) is 143 Å². The van der Waals surface area contributed by atoms with Gasteiger partial charge in [-0.3, -0.25) is 0 Å². The van der Waals surface area contributed by atoms with Crippen LogP contribution in [0.15, 0.2) is 0 Å². The highest BCUT2D eigenvalue weighted by Gasteiger charge is 2.38. The molecule has 2 atom stereocenters. The van der Waals surface area contributed by atoms with E-state index in [-0.39, 0.29) is 0 Å². The van der Waals surface area contributed by atoms with E-state index >= 15 is 0 Å². The number of hydrogen-bond acceptors (Lipinski definition) is 6. The average molecular weight is 316 g/mol. The van der Waals surface area contributed by atoms with Crippen molar-refractivity contribution in [2.24, 2.45) is 0 Å². The third kappa shape index (κ3) is 8.92. The van der Waals surface area contributed by atoms with Gasteiger partial charge in [0.15, 0.2) is 0 Å². The van der Waals surface area contributed by atoms with Gasteiger partial charge in [0.1, 0.15) is 0 Å². The van der Waals surface area contributed by atoms with Gasteiger partial charge in [-0.15, -0.1) is 0 Å². The summed E-state index contributed by atoms with van der Waals surface area (Å²) in [5.74, 6) is 0. The fraction of sp³-hybridized carbons (Fsp3) is 1.00. The van der Waals surface area contributed by atoms with Gasteiger partial charge in [-0.25, -0.2) is 13.4 Å². The second-order valence-electron chi connectivity index (χ2n) is 2.75. The van der Waals surface area contributed by atoms with E-state index in [1.165, 1.54) is 13.8 Å². The minimum Gasteiger partial charge on any atom is -0.324 e. The molecule has 0 aliphatic carbocycles. The number of phosphoric acid groups is 2. The molecule has 98 valence electrons. The highest BCUT2D eigenvalue weighted by atomic mass is 32.5. The Morgan fingerprint density at radius 1 is 1.06 bits per heavy atom. The summed E-state index contributed by atoms with van der Waals surface area (Å²) >= 11 is 4.31. The third-order valence-corrected chi connectivity index (χ3v) is 5.63. The summed E-state index contributed by atoms with van der Waals surface area (Å²) in [4.78, 5) is 34.6. The van der Waals surface area contributed by atoms with E-state index in [1.807, 2.05) is 0 Å². The van der Waals surface area contributed by atoms with Crippen molar-refractivity contribution in [1.82, 2.24) is 0 Å². The molecule has 0 bridgehead atoms. The molecule has 0 aromatic carbocycles. The number of rotatable bonds is 6. The van der Waals surface area contributed by atoms with Crippen molar-refractivity contribution in [3.8, 4) is 0 Å². The quantitative estimate of drug-likeness (QED) is 0.521. The Bertz CT molecular complexity index is 372. The maximum absolute atomic E-state index is 11.0. The van der Waals surface area contributed by atoms with Crippen LogP contribution in [0.1, 0.15) is 13.8 Å². The van der Waals surface area contributed by atoms with Gasteiger partial charge in [0.25, 0.3) is 0 Å². The fourth-order valence-electron chi connectivity index (χ4n) is 0.565. The Morgan fingerprint density at radius 2 is 1.50 bits per heavy atom. The summed E-state index contributed by atoms with van der Waals surface area (Å²) in [5, 5.41) is 0. The molecule has 0 aromatic rings. The van der Waals surface area contributed by atoms with Crippen LogP contribution in [0.2, 0.25) is 0 Å². The van der Waals surface area contributed by atoms with E-state index in [4.69, 9.17) is 14.7 Å². The predicted octanol–water partition coefficient (Wildman–Crippen LogP) is 0.854. The molecule has 0 saturated heterocycles. The second kappa shape index (κ2) is 5.65. The third-order valence-electron chi connectivity index (χ3n) is 0.760. The fourth-order valence-corrected chi connectivity index (χ4v) is 5.03. The zero-order chi connectivity index (χ0) is 13.2. The van der Waals surface area contributed by atoms with Gasteiger partial charge < -0.3 is 24.1 Å². The maximum Gasteiger partial charge on any atom is 0.488 e. The van der Waals surface area contributed by atoms with E-state index in [0.29, 0.717) is 0 Å². The molecule has 16 heavy (non-hydrogen) atoms. The lowest BCUT2D eigenvalue weighted by Gasteiger charge is -2.20. The lowest BCUT2D eigenvalue weighted by atomic mass is 10.5. The second-order valence-corrected chi connectivity index (χ2v) is 8.50. The Kier molecular flexibility index (Phi) is 5.94. The Labute approximate surface area is 96.5 Å². The molecular formula is C3H11O9P3S. The molecule has 0 rings (SSSR count). The van der Waals surface area contributed by atoms with Crippen LogP contribution in [0.5, 0.6) is 0 Å². The van der Waals surface area contributed by atoms with Crippen molar-refractivity contribution >= 4 is 34.2 Å². The van der Waals surface area contributed by atoms with Gasteiger partial charge in [0, 0.05) is 0 Å². The van der Waals surface area contributed by atoms with Crippen LogP contribution < -0.4 is 0 Å². The van der Waals surface area contributed by atoms with Crippen LogP contribution in [0.25, 0.3) is 0 Å². The monoisotopic (exact) mass is 316 g/mol. The molecule has 9 nitrogen and oxygen atoms in total. The first-order valence-corrected chi connectivity index (χ1v) is 9.27. The van der Waals surface area contributed by atoms with Crippen molar-refractivity contribution in [2.75, 3.05) is 0 Å². The highest BCUT2D eigenvalue weighted by molar-refractivity contribution is 8.08. The summed E-state index contributed by atoms with van der Waals surface area (Å²) in [6.07, 6.45) is -0.606. The first-order chi connectivity index (χ1) is 6.83. The van der Waals surface area contributed by atoms with Crippen LogP contribution in [0.4, 0.5) is 0 Å². The molecule has 0 amide bonds. The van der Waals surface area contributed by atoms with E-state index in [0.717, 1.165) is 0 Å². The van der Waals surface area contributed by atoms with E-state index < -0.39 is 28.5 Å². The van der Waals surface area contributed by atoms with Crippen molar-refractivity contribution in [1.29, 1.82) is 0 Å². The molecule has 0 aromatic heterocycles. The summed E-state index contributed by atoms with van der Waals surface area (Å²) in [5.41, 5.74) is 0. The Balaban J connectivity index is 4.65. The van der Waals surface area contributed by atoms with Gasteiger partial charge in [-0.1, -0.05) is 0 Å². The summed E-state index contributed by atoms with van der Waals surface area (Å²) in [6, 6.07) is 0. The zero-order valence-corrected chi connectivity index (χ0v) is 11.7. The lowest BCUT2D eigenvalue weighted by Crippen LogP contribution is -2.02. The molecule has 0 aliphatic heterocycles. The van der Waals surface area contributed by atoms with E-state index in [9.17, 15) is 14.0 Å². The summed E-state index contributed by atoms with van der Waals surface area (Å²) in [6.45, 7) is -1.17. The molecule has 2 unspecified atom stereocenters. The van der Waals surface area contributed by atoms with Gasteiger partial charge in [0.05, 0.1) is 6.10 Å². The highest BCUT2D eigenvalue weighted by Crippen LogP contribution is 2.66. The molecular weight excluding hydrogens is 305 g/mol. The molecule has 13 heteroatoms. The van der Waals surface area contributed by atoms with Gasteiger partial charge >= 0.3 is 22.4 Å². The molecule has 0 radical (unpaired) electrons. The van der Waals surface area contributed by atoms with Crippen molar-refractivity contribution in [3.63, 3.8) is 0 Å². The lowest BCUT2D eigenvalue weighted by molar-refractivity contribution is 0.178. The van der Waals surface area contributed by atoms with Gasteiger partial charge in [-0.05, 0) is 25.7 Å². The summed E-state index contributed by atoms with van der Waals surface area (Å²) in [7, 11) is -10.4. The molecule has 0 heterocycles. The van der Waals surface area contributed by atoms with Crippen LogP contribution in [0, 0.1) is 0 Å². The molecule has 0 saturated carbocycles. The predicted molar refractivity (Wildman–Crippen MR) is 56.8 cm³/mol. The largest absolute Gasteiger partial charge is 0.488 e. The number of hydrogen-bond donors (Lipinski definition) is 4. The summed E-state index contributed by atoms with van der Waals surface area (Å²) < 4.78 is 33.2. The van der Waals surface area contributed by atoms with E-state index in [2.05, 4.69) is 25.0 Å². The van der Waals surface area contributed by atoms with Crippen molar-refractivity contribution in [3.05, 3.63) is 0 Å². The van der Waals surface area contributed by atoms with Crippen LogP contribution in [0.3, 0.4) is 0 Å². The van der Waals surface area contributed by atoms with Crippen LogP contribution >= 0.6 is 22.4 Å². The molecule has 0 fully saturated rings. The average Bonchev–Trinajstić information content (AvgIpc) is 1.69. The Hall–Kier alpha value is 0.830. The first kappa shape index (κ1) is 16.8. The molecule has 0 spiro atoms. The smallest absolute Gasteiger partial charge is 0.324 e. The molecule has 4 N–H and O–H groups in total. The first-order valence-electron chi connectivity index (χ1n) is 3.65. The van der Waals surface area contributed by atoms with Gasteiger partial charge in [0.2, 0.25) is 0 Å². The van der Waals surface area contributed by atoms with Crippen molar-refractivity contribution in [2.45, 2.75) is 20.0 Å². The zero-order valence-electron chi connectivity index (χ0n) is 8.16.